The van der Waals surface area contributed by atoms with Crippen LogP contribution < -0.4 is 5.56 Å². The minimum Gasteiger partial charge on any atom is -0.309 e. The predicted molar refractivity (Wildman–Crippen MR) is 82.5 cm³/mol. The molecule has 2 rings (SSSR count). The highest BCUT2D eigenvalue weighted by Gasteiger charge is 2.15. The van der Waals surface area contributed by atoms with Crippen LogP contribution in [0.3, 0.4) is 0 Å². The van der Waals surface area contributed by atoms with Crippen LogP contribution in [-0.4, -0.2) is 9.97 Å². The van der Waals surface area contributed by atoms with E-state index in [1.54, 1.807) is 11.3 Å². The smallest absolute Gasteiger partial charge is 0.259 e. The van der Waals surface area contributed by atoms with Crippen molar-refractivity contribution in [2.45, 2.75) is 51.8 Å². The molecule has 5 heteroatoms. The molecule has 1 N–H and O–H groups in total. The van der Waals surface area contributed by atoms with Gasteiger partial charge in [0.1, 0.15) is 10.7 Å². The van der Waals surface area contributed by atoms with Gasteiger partial charge in [0.2, 0.25) is 0 Å². The molecule has 0 aliphatic rings. The molecular formula is C14H19ClN2OS. The molecule has 0 aromatic carbocycles. The van der Waals surface area contributed by atoms with Crippen molar-refractivity contribution in [3.8, 4) is 0 Å². The van der Waals surface area contributed by atoms with Crippen LogP contribution in [-0.2, 0) is 6.42 Å². The number of nitrogens with one attached hydrogen (secondary N) is 1. The number of rotatable bonds is 5. The Morgan fingerprint density at radius 2 is 2.16 bits per heavy atom. The molecule has 0 bridgehead atoms. The zero-order valence-corrected chi connectivity index (χ0v) is 13.1. The number of aryl methyl sites for hydroxylation is 2. The maximum Gasteiger partial charge on any atom is 0.259 e. The van der Waals surface area contributed by atoms with Gasteiger partial charge >= 0.3 is 0 Å². The highest BCUT2D eigenvalue weighted by molar-refractivity contribution is 7.18. The standard InChI is InChI=1S/C14H19ClN2OS/c1-4-5-6-7-10-8(2)11-13(18)16-12(9(3)15)17-14(11)19-10/h9H,4-7H2,1-3H3,(H,16,17,18). The summed E-state index contributed by atoms with van der Waals surface area (Å²) in [7, 11) is 0. The van der Waals surface area contributed by atoms with E-state index in [-0.39, 0.29) is 10.9 Å². The number of hydrogen-bond acceptors (Lipinski definition) is 3. The van der Waals surface area contributed by atoms with Crippen molar-refractivity contribution in [1.29, 1.82) is 0 Å². The monoisotopic (exact) mass is 298 g/mol. The van der Waals surface area contributed by atoms with Gasteiger partial charge in [0.15, 0.2) is 0 Å². The van der Waals surface area contributed by atoms with E-state index in [0.29, 0.717) is 5.82 Å². The lowest BCUT2D eigenvalue weighted by molar-refractivity contribution is 0.721. The first-order chi connectivity index (χ1) is 9.04. The van der Waals surface area contributed by atoms with Crippen LogP contribution in [0.5, 0.6) is 0 Å². The summed E-state index contributed by atoms with van der Waals surface area (Å²) < 4.78 is 0. The third-order valence-electron chi connectivity index (χ3n) is 3.30. The Hall–Kier alpha value is -0.870. The van der Waals surface area contributed by atoms with Crippen molar-refractivity contribution in [2.24, 2.45) is 0 Å². The Morgan fingerprint density at radius 1 is 1.42 bits per heavy atom. The van der Waals surface area contributed by atoms with Crippen LogP contribution in [0.4, 0.5) is 0 Å². The maximum atomic E-state index is 12.1. The molecule has 19 heavy (non-hydrogen) atoms. The second kappa shape index (κ2) is 6.06. The molecule has 2 aromatic rings. The molecule has 0 fully saturated rings. The third-order valence-corrected chi connectivity index (χ3v) is 4.75. The van der Waals surface area contributed by atoms with Crippen molar-refractivity contribution in [3.05, 3.63) is 26.6 Å². The number of halogens is 1. The zero-order valence-electron chi connectivity index (χ0n) is 11.5. The van der Waals surface area contributed by atoms with E-state index >= 15 is 0 Å². The first-order valence-corrected chi connectivity index (χ1v) is 7.96. The summed E-state index contributed by atoms with van der Waals surface area (Å²) in [5.41, 5.74) is 1.02. The van der Waals surface area contributed by atoms with E-state index in [1.165, 1.54) is 24.1 Å². The quantitative estimate of drug-likeness (QED) is 0.660. The number of H-pyrrole nitrogens is 1. The minimum absolute atomic E-state index is 0.0667. The van der Waals surface area contributed by atoms with E-state index < -0.39 is 0 Å². The number of unbranched alkanes of at least 4 members (excludes halogenated alkanes) is 2. The van der Waals surface area contributed by atoms with Crippen LogP contribution in [0.2, 0.25) is 0 Å². The Bertz CT molecular complexity index is 630. The van der Waals surface area contributed by atoms with Crippen LogP contribution in [0, 0.1) is 6.92 Å². The van der Waals surface area contributed by atoms with Gasteiger partial charge in [-0.1, -0.05) is 19.8 Å². The van der Waals surface area contributed by atoms with Gasteiger partial charge in [-0.2, -0.15) is 0 Å². The largest absolute Gasteiger partial charge is 0.309 e. The zero-order chi connectivity index (χ0) is 14.0. The molecule has 0 amide bonds. The Morgan fingerprint density at radius 3 is 2.79 bits per heavy atom. The molecule has 0 spiro atoms. The lowest BCUT2D eigenvalue weighted by Gasteiger charge is -2.01. The molecule has 1 unspecified atom stereocenters. The van der Waals surface area contributed by atoms with Crippen molar-refractivity contribution < 1.29 is 0 Å². The number of fused-ring (bicyclic) bond motifs is 1. The molecule has 104 valence electrons. The van der Waals surface area contributed by atoms with Gasteiger partial charge in [0.25, 0.3) is 5.56 Å². The molecule has 3 nitrogen and oxygen atoms in total. The van der Waals surface area contributed by atoms with Crippen molar-refractivity contribution in [1.82, 2.24) is 9.97 Å². The average molecular weight is 299 g/mol. The molecule has 2 aromatic heterocycles. The van der Waals surface area contributed by atoms with E-state index in [2.05, 4.69) is 16.9 Å². The first-order valence-electron chi connectivity index (χ1n) is 6.70. The molecule has 0 aliphatic heterocycles. The first kappa shape index (κ1) is 14.5. The fourth-order valence-electron chi connectivity index (χ4n) is 2.17. The fourth-order valence-corrected chi connectivity index (χ4v) is 3.50. The fraction of sp³-hybridized carbons (Fsp3) is 0.571. The molecule has 2 heterocycles. The predicted octanol–water partition coefficient (Wildman–Crippen LogP) is 4.33. The number of aromatic amines is 1. The molecule has 0 saturated carbocycles. The normalized spacial score (nSPS) is 13.1. The van der Waals surface area contributed by atoms with E-state index in [1.807, 2.05) is 13.8 Å². The Kier molecular flexibility index (Phi) is 4.63. The van der Waals surface area contributed by atoms with Gasteiger partial charge in [-0.05, 0) is 32.3 Å². The molecule has 0 radical (unpaired) electrons. The molecular weight excluding hydrogens is 280 g/mol. The summed E-state index contributed by atoms with van der Waals surface area (Å²) in [6, 6.07) is 0. The van der Waals surface area contributed by atoms with Crippen LogP contribution in [0.25, 0.3) is 10.2 Å². The summed E-state index contributed by atoms with van der Waals surface area (Å²) >= 11 is 7.63. The van der Waals surface area contributed by atoms with Gasteiger partial charge in [-0.25, -0.2) is 4.98 Å². The number of hydrogen-bond donors (Lipinski definition) is 1. The van der Waals surface area contributed by atoms with E-state index in [0.717, 1.165) is 22.2 Å². The molecule has 0 aliphatic carbocycles. The molecule has 1 atom stereocenters. The lowest BCUT2D eigenvalue weighted by atomic mass is 10.1. The average Bonchev–Trinajstić information content (AvgIpc) is 2.67. The number of thiophene rings is 1. The van der Waals surface area contributed by atoms with Crippen molar-refractivity contribution >= 4 is 33.2 Å². The van der Waals surface area contributed by atoms with Crippen molar-refractivity contribution in [2.75, 3.05) is 0 Å². The van der Waals surface area contributed by atoms with Gasteiger partial charge in [-0.15, -0.1) is 22.9 Å². The van der Waals surface area contributed by atoms with E-state index in [4.69, 9.17) is 11.6 Å². The second-order valence-electron chi connectivity index (χ2n) is 4.85. The lowest BCUT2D eigenvalue weighted by Crippen LogP contribution is -2.11. The Balaban J connectivity index is 2.44. The second-order valence-corrected chi connectivity index (χ2v) is 6.59. The van der Waals surface area contributed by atoms with Gasteiger partial charge in [-0.3, -0.25) is 4.79 Å². The van der Waals surface area contributed by atoms with Gasteiger partial charge in [0, 0.05) is 4.88 Å². The number of aromatic nitrogens is 2. The summed E-state index contributed by atoms with van der Waals surface area (Å²) in [6.07, 6.45) is 4.63. The number of alkyl halides is 1. The topological polar surface area (TPSA) is 45.8 Å². The third kappa shape index (κ3) is 3.00. The highest BCUT2D eigenvalue weighted by atomic mass is 35.5. The van der Waals surface area contributed by atoms with E-state index in [9.17, 15) is 4.79 Å². The highest BCUT2D eigenvalue weighted by Crippen LogP contribution is 2.29. The van der Waals surface area contributed by atoms with Crippen LogP contribution in [0.15, 0.2) is 4.79 Å². The van der Waals surface area contributed by atoms with Gasteiger partial charge in [0.05, 0.1) is 10.8 Å². The minimum atomic E-state index is -0.275. The van der Waals surface area contributed by atoms with Crippen LogP contribution in [0.1, 0.15) is 54.8 Å². The summed E-state index contributed by atoms with van der Waals surface area (Å²) in [5, 5.41) is 0.459. The number of nitrogens with zero attached hydrogens (tertiary/aromatic N) is 1. The molecule has 0 saturated heterocycles. The summed E-state index contributed by atoms with van der Waals surface area (Å²) in [5.74, 6) is 0.556. The Labute approximate surface area is 122 Å². The van der Waals surface area contributed by atoms with Crippen LogP contribution >= 0.6 is 22.9 Å². The summed E-state index contributed by atoms with van der Waals surface area (Å²) in [4.78, 5) is 21.5. The maximum absolute atomic E-state index is 12.1. The van der Waals surface area contributed by atoms with Crippen molar-refractivity contribution in [3.63, 3.8) is 0 Å². The summed E-state index contributed by atoms with van der Waals surface area (Å²) in [6.45, 7) is 6.02. The SMILES string of the molecule is CCCCCc1sc2nc(C(C)Cl)[nH]c(=O)c2c1C. The van der Waals surface area contributed by atoms with Gasteiger partial charge < -0.3 is 4.98 Å².